The number of nitrogen functional groups attached to an aromatic ring is 1. The molecule has 1 aromatic carbocycles. The summed E-state index contributed by atoms with van der Waals surface area (Å²) in [5.74, 6) is 0.904. The van der Waals surface area contributed by atoms with E-state index in [1.165, 1.54) is 11.3 Å². The lowest BCUT2D eigenvalue weighted by molar-refractivity contribution is 0.440. The summed E-state index contributed by atoms with van der Waals surface area (Å²) in [5, 5.41) is 13.5. The van der Waals surface area contributed by atoms with Gasteiger partial charge in [0.2, 0.25) is 0 Å². The van der Waals surface area contributed by atoms with Crippen LogP contribution in [0.25, 0.3) is 0 Å². The molecule has 0 aliphatic rings. The molecule has 1 unspecified atom stereocenters. The highest BCUT2D eigenvalue weighted by Crippen LogP contribution is 2.33. The smallest absolute Gasteiger partial charge is 0.168 e. The van der Waals surface area contributed by atoms with Crippen LogP contribution in [-0.2, 0) is 6.42 Å². The summed E-state index contributed by atoms with van der Waals surface area (Å²) in [6.07, 6.45) is 3.10. The molecule has 2 rings (SSSR count). The summed E-state index contributed by atoms with van der Waals surface area (Å²) < 4.78 is 2.13. The summed E-state index contributed by atoms with van der Waals surface area (Å²) >= 11 is 0. The summed E-state index contributed by atoms with van der Waals surface area (Å²) in [5.41, 5.74) is 10.2. The molecule has 29 heavy (non-hydrogen) atoms. The van der Waals surface area contributed by atoms with Crippen LogP contribution in [0.15, 0.2) is 24.3 Å². The van der Waals surface area contributed by atoms with Gasteiger partial charge in [-0.3, -0.25) is 4.67 Å². The van der Waals surface area contributed by atoms with Gasteiger partial charge >= 0.3 is 0 Å². The molecule has 7 heteroatoms. The molecule has 0 bridgehead atoms. The fourth-order valence-corrected chi connectivity index (χ4v) is 3.46. The average molecular weight is 418 g/mol. The molecule has 0 amide bonds. The van der Waals surface area contributed by atoms with Crippen molar-refractivity contribution in [2.24, 2.45) is 0 Å². The third-order valence-corrected chi connectivity index (χ3v) is 5.33. The number of hydrogen-bond donors (Lipinski definition) is 3. The molecule has 0 aliphatic carbocycles. The van der Waals surface area contributed by atoms with Crippen LogP contribution in [0.4, 0.5) is 23.0 Å². The second-order valence-corrected chi connectivity index (χ2v) is 9.30. The van der Waals surface area contributed by atoms with Gasteiger partial charge in [-0.05, 0) is 76.1 Å². The first-order valence-corrected chi connectivity index (χ1v) is 10.6. The number of anilines is 4. The van der Waals surface area contributed by atoms with E-state index in [9.17, 15) is 5.11 Å². The Labute approximate surface area is 177 Å². The monoisotopic (exact) mass is 417 g/mol. The Balaban J connectivity index is 2.32. The second kappa shape index (κ2) is 9.64. The van der Waals surface area contributed by atoms with Crippen LogP contribution in [0.1, 0.15) is 44.7 Å². The zero-order chi connectivity index (χ0) is 21.8. The number of nitrogens with two attached hydrogens (primary N) is 1. The van der Waals surface area contributed by atoms with Crippen molar-refractivity contribution < 1.29 is 5.11 Å². The minimum atomic E-state index is -0.00963. The molecular formula is C22H36N5OP. The zero-order valence-corrected chi connectivity index (χ0v) is 19.7. The molecule has 2 aromatic rings. The summed E-state index contributed by atoms with van der Waals surface area (Å²) in [4.78, 5) is 6.39. The maximum atomic E-state index is 9.79. The molecule has 4 N–H and O–H groups in total. The normalized spacial score (nSPS) is 11.7. The molecule has 0 aliphatic heterocycles. The van der Waals surface area contributed by atoms with Crippen molar-refractivity contribution in [1.29, 1.82) is 0 Å². The van der Waals surface area contributed by atoms with Gasteiger partial charge in [-0.15, -0.1) is 0 Å². The van der Waals surface area contributed by atoms with E-state index in [1.807, 2.05) is 18.9 Å². The number of aromatic nitrogens is 1. The predicted octanol–water partition coefficient (Wildman–Crippen LogP) is 4.70. The summed E-state index contributed by atoms with van der Waals surface area (Å²) in [7, 11) is 6.76. The molecule has 0 spiro atoms. The van der Waals surface area contributed by atoms with E-state index < -0.39 is 0 Å². The third kappa shape index (κ3) is 6.22. The highest BCUT2D eigenvalue weighted by Gasteiger charge is 2.20. The van der Waals surface area contributed by atoms with E-state index in [1.54, 1.807) is 6.07 Å². The van der Waals surface area contributed by atoms with E-state index >= 15 is 0 Å². The van der Waals surface area contributed by atoms with Gasteiger partial charge in [0.25, 0.3) is 0 Å². The average Bonchev–Trinajstić information content (AvgIpc) is 2.64. The van der Waals surface area contributed by atoms with Crippen molar-refractivity contribution in [3.63, 3.8) is 0 Å². The maximum Gasteiger partial charge on any atom is 0.168 e. The van der Waals surface area contributed by atoms with Crippen LogP contribution >= 0.6 is 9.39 Å². The van der Waals surface area contributed by atoms with Gasteiger partial charge in [0.15, 0.2) is 11.6 Å². The fourth-order valence-electron chi connectivity index (χ4n) is 3.33. The van der Waals surface area contributed by atoms with Crippen LogP contribution in [0.5, 0.6) is 5.75 Å². The van der Waals surface area contributed by atoms with E-state index in [0.29, 0.717) is 0 Å². The van der Waals surface area contributed by atoms with Gasteiger partial charge in [-0.25, -0.2) is 4.98 Å². The molecule has 0 saturated heterocycles. The number of benzene rings is 1. The lowest BCUT2D eigenvalue weighted by atomic mass is 9.98. The van der Waals surface area contributed by atoms with Gasteiger partial charge in [0.1, 0.15) is 5.82 Å². The van der Waals surface area contributed by atoms with E-state index in [-0.39, 0.29) is 17.1 Å². The van der Waals surface area contributed by atoms with Gasteiger partial charge in [0, 0.05) is 30.5 Å². The van der Waals surface area contributed by atoms with Crippen molar-refractivity contribution in [3.05, 3.63) is 35.4 Å². The minimum Gasteiger partial charge on any atom is -0.504 e. The largest absolute Gasteiger partial charge is 0.504 e. The topological polar surface area (TPSA) is 77.7 Å². The van der Waals surface area contributed by atoms with Crippen LogP contribution in [0.2, 0.25) is 0 Å². The van der Waals surface area contributed by atoms with Crippen LogP contribution < -0.4 is 16.0 Å². The number of nitrogens with zero attached hydrogens (tertiary/aromatic N) is 3. The Morgan fingerprint density at radius 1 is 1.24 bits per heavy atom. The van der Waals surface area contributed by atoms with Crippen molar-refractivity contribution in [2.45, 2.75) is 52.5 Å². The first-order valence-electron chi connectivity index (χ1n) is 10.1. The predicted molar refractivity (Wildman–Crippen MR) is 128 cm³/mol. The van der Waals surface area contributed by atoms with Gasteiger partial charge < -0.3 is 21.1 Å². The molecule has 1 aromatic heterocycles. The lowest BCUT2D eigenvalue weighted by Crippen LogP contribution is -2.34. The quantitative estimate of drug-likeness (QED) is 0.514. The van der Waals surface area contributed by atoms with Crippen molar-refractivity contribution in [1.82, 2.24) is 9.65 Å². The Morgan fingerprint density at radius 2 is 1.93 bits per heavy atom. The first kappa shape index (κ1) is 23.2. The zero-order valence-electron chi connectivity index (χ0n) is 18.6. The molecule has 1 atom stereocenters. The van der Waals surface area contributed by atoms with Crippen molar-refractivity contribution >= 4 is 32.4 Å². The number of aryl methyl sites for hydroxylation is 2. The number of rotatable bonds is 9. The maximum absolute atomic E-state index is 9.79. The third-order valence-electron chi connectivity index (χ3n) is 5.07. The molecular weight excluding hydrogens is 381 g/mol. The second-order valence-electron chi connectivity index (χ2n) is 8.42. The number of pyridine rings is 1. The molecule has 160 valence electrons. The summed E-state index contributed by atoms with van der Waals surface area (Å²) in [6.45, 7) is 9.60. The van der Waals surface area contributed by atoms with Gasteiger partial charge in [-0.1, -0.05) is 22.7 Å². The van der Waals surface area contributed by atoms with Gasteiger partial charge in [-0.2, -0.15) is 0 Å². The SMILES string of the molecule is CCCc1cc(N(C)c2nc(N)c(O)cc2C)ccc1NC(C)(C)CCN(C)P. The standard InChI is InChI=1S/C22H36N5OP/c1-7-8-16-14-17(27(6)21-15(2)13-19(28)20(23)24-21)9-10-18(16)25-22(3,4)11-12-26(5)29/h9-10,13-14,25,28H,7-8,11-12,29H2,1-6H3,(H2,23,24). The Kier molecular flexibility index (Phi) is 7.73. The van der Waals surface area contributed by atoms with Crippen LogP contribution in [0.3, 0.4) is 0 Å². The molecule has 0 fully saturated rings. The molecule has 0 radical (unpaired) electrons. The lowest BCUT2D eigenvalue weighted by Gasteiger charge is -2.31. The van der Waals surface area contributed by atoms with E-state index in [0.717, 1.165) is 42.9 Å². The molecule has 1 heterocycles. The Bertz CT molecular complexity index is 838. The van der Waals surface area contributed by atoms with Crippen molar-refractivity contribution in [3.8, 4) is 5.75 Å². The van der Waals surface area contributed by atoms with Crippen LogP contribution in [-0.4, -0.2) is 40.9 Å². The van der Waals surface area contributed by atoms with E-state index in [4.69, 9.17) is 5.73 Å². The van der Waals surface area contributed by atoms with Crippen molar-refractivity contribution in [2.75, 3.05) is 36.6 Å². The van der Waals surface area contributed by atoms with E-state index in [2.05, 4.69) is 70.4 Å². The Hall–Kier alpha value is -2.04. The Morgan fingerprint density at radius 3 is 2.55 bits per heavy atom. The van der Waals surface area contributed by atoms with Crippen LogP contribution in [0, 0.1) is 6.92 Å². The molecule has 6 nitrogen and oxygen atoms in total. The van der Waals surface area contributed by atoms with Gasteiger partial charge in [0.05, 0.1) is 0 Å². The summed E-state index contributed by atoms with van der Waals surface area (Å²) in [6, 6.07) is 8.13. The molecule has 0 saturated carbocycles. The number of hydrogen-bond acceptors (Lipinski definition) is 6. The highest BCUT2D eigenvalue weighted by molar-refractivity contribution is 7.13. The highest BCUT2D eigenvalue weighted by atomic mass is 31.0. The minimum absolute atomic E-state index is 0.00963. The number of aromatic hydroxyl groups is 1. The first-order chi connectivity index (χ1) is 13.5. The fraction of sp³-hybridized carbons (Fsp3) is 0.500. The number of nitrogens with one attached hydrogen (secondary N) is 1.